The first-order valence-corrected chi connectivity index (χ1v) is 9.94. The van der Waals surface area contributed by atoms with Gasteiger partial charge >= 0.3 is 0 Å². The van der Waals surface area contributed by atoms with Crippen molar-refractivity contribution in [3.05, 3.63) is 64.7 Å². The maximum Gasteiger partial charge on any atom is 0.220 e. The fourth-order valence-corrected chi connectivity index (χ4v) is 3.63. The molecule has 0 aromatic heterocycles. The first-order valence-electron chi connectivity index (χ1n) is 9.56. The number of nitrogens with zero attached hydrogens (tertiary/aromatic N) is 2. The van der Waals surface area contributed by atoms with Gasteiger partial charge in [-0.3, -0.25) is 4.79 Å². The molecule has 0 spiro atoms. The van der Waals surface area contributed by atoms with Crippen LogP contribution in [0.25, 0.3) is 0 Å². The Bertz CT molecular complexity index is 754. The Morgan fingerprint density at radius 2 is 1.74 bits per heavy atom. The molecule has 3 rings (SSSR count). The van der Waals surface area contributed by atoms with Gasteiger partial charge in [0.1, 0.15) is 0 Å². The Labute approximate surface area is 167 Å². The van der Waals surface area contributed by atoms with E-state index in [0.717, 1.165) is 31.7 Å². The standard InChI is InChI=1S/C22H28ClN3O/c1-17(15-22(27)24-16-18-7-9-19(23)10-8-18)20-5-3-4-6-21(20)26-13-11-25(2)12-14-26/h3-10,17H,11-16H2,1-2H3,(H,24,27). The molecule has 1 fully saturated rings. The molecule has 144 valence electrons. The maximum atomic E-state index is 12.4. The van der Waals surface area contributed by atoms with E-state index in [-0.39, 0.29) is 11.8 Å². The molecule has 0 radical (unpaired) electrons. The molecule has 1 atom stereocenters. The van der Waals surface area contributed by atoms with Crippen LogP contribution in [0.2, 0.25) is 5.02 Å². The largest absolute Gasteiger partial charge is 0.369 e. The van der Waals surface area contributed by atoms with E-state index < -0.39 is 0 Å². The second-order valence-corrected chi connectivity index (χ2v) is 7.79. The number of hydrogen-bond donors (Lipinski definition) is 1. The lowest BCUT2D eigenvalue weighted by molar-refractivity contribution is -0.121. The molecule has 4 nitrogen and oxygen atoms in total. The quantitative estimate of drug-likeness (QED) is 0.819. The van der Waals surface area contributed by atoms with Gasteiger partial charge in [-0.1, -0.05) is 48.9 Å². The van der Waals surface area contributed by atoms with Crippen molar-refractivity contribution in [2.75, 3.05) is 38.1 Å². The van der Waals surface area contributed by atoms with Gasteiger partial charge in [-0.05, 0) is 42.3 Å². The van der Waals surface area contributed by atoms with E-state index in [2.05, 4.69) is 53.4 Å². The van der Waals surface area contributed by atoms with Crippen LogP contribution in [-0.4, -0.2) is 44.0 Å². The normalized spacial score (nSPS) is 16.2. The zero-order valence-corrected chi connectivity index (χ0v) is 16.9. The zero-order chi connectivity index (χ0) is 19.2. The number of nitrogens with one attached hydrogen (secondary N) is 1. The van der Waals surface area contributed by atoms with Crippen LogP contribution in [0.15, 0.2) is 48.5 Å². The predicted octanol–water partition coefficient (Wildman–Crippen LogP) is 3.90. The van der Waals surface area contributed by atoms with Crippen LogP contribution in [-0.2, 0) is 11.3 Å². The molecule has 1 aliphatic heterocycles. The molecule has 1 heterocycles. The Morgan fingerprint density at radius 3 is 2.44 bits per heavy atom. The van der Waals surface area contributed by atoms with Crippen molar-refractivity contribution in [2.24, 2.45) is 0 Å². The van der Waals surface area contributed by atoms with Crippen LogP contribution in [0, 0.1) is 0 Å². The molecular formula is C22H28ClN3O. The van der Waals surface area contributed by atoms with Crippen molar-refractivity contribution >= 4 is 23.2 Å². The van der Waals surface area contributed by atoms with Crippen molar-refractivity contribution in [1.82, 2.24) is 10.2 Å². The number of amides is 1. The molecule has 5 heteroatoms. The number of para-hydroxylation sites is 1. The first-order chi connectivity index (χ1) is 13.0. The molecule has 1 N–H and O–H groups in total. The summed E-state index contributed by atoms with van der Waals surface area (Å²) in [5.41, 5.74) is 3.57. The van der Waals surface area contributed by atoms with Gasteiger partial charge in [0.2, 0.25) is 5.91 Å². The van der Waals surface area contributed by atoms with Crippen molar-refractivity contribution in [2.45, 2.75) is 25.8 Å². The Hall–Kier alpha value is -2.04. The summed E-state index contributed by atoms with van der Waals surface area (Å²) in [6.45, 7) is 6.88. The van der Waals surface area contributed by atoms with Crippen molar-refractivity contribution in [1.29, 1.82) is 0 Å². The van der Waals surface area contributed by atoms with Crippen molar-refractivity contribution < 1.29 is 4.79 Å². The minimum atomic E-state index is 0.0747. The third-order valence-electron chi connectivity index (χ3n) is 5.21. The summed E-state index contributed by atoms with van der Waals surface area (Å²) >= 11 is 5.90. The van der Waals surface area contributed by atoms with E-state index in [4.69, 9.17) is 11.6 Å². The second kappa shape index (κ2) is 9.25. The summed E-state index contributed by atoms with van der Waals surface area (Å²) in [6.07, 6.45) is 0.484. The van der Waals surface area contributed by atoms with Crippen LogP contribution in [0.4, 0.5) is 5.69 Å². The number of rotatable bonds is 6. The fourth-order valence-electron chi connectivity index (χ4n) is 3.50. The summed E-state index contributed by atoms with van der Waals surface area (Å²) < 4.78 is 0. The smallest absolute Gasteiger partial charge is 0.220 e. The van der Waals surface area contributed by atoms with Gasteiger partial charge in [-0.2, -0.15) is 0 Å². The fraction of sp³-hybridized carbons (Fsp3) is 0.409. The van der Waals surface area contributed by atoms with E-state index in [1.807, 2.05) is 24.3 Å². The van der Waals surface area contributed by atoms with Gasteiger partial charge in [0.25, 0.3) is 0 Å². The highest BCUT2D eigenvalue weighted by Crippen LogP contribution is 2.30. The van der Waals surface area contributed by atoms with Gasteiger partial charge in [0.05, 0.1) is 0 Å². The van der Waals surface area contributed by atoms with Gasteiger partial charge < -0.3 is 15.1 Å². The molecule has 0 saturated carbocycles. The lowest BCUT2D eigenvalue weighted by atomic mass is 9.94. The van der Waals surface area contributed by atoms with Crippen LogP contribution in [0.1, 0.15) is 30.4 Å². The van der Waals surface area contributed by atoms with Gasteiger partial charge in [0.15, 0.2) is 0 Å². The molecule has 0 bridgehead atoms. The van der Waals surface area contributed by atoms with Gasteiger partial charge in [-0.15, -0.1) is 0 Å². The number of anilines is 1. The number of piperazine rings is 1. The maximum absolute atomic E-state index is 12.4. The Morgan fingerprint density at radius 1 is 1.07 bits per heavy atom. The van der Waals surface area contributed by atoms with Gasteiger partial charge in [-0.25, -0.2) is 0 Å². The van der Waals surface area contributed by atoms with Crippen molar-refractivity contribution in [3.8, 4) is 0 Å². The third-order valence-corrected chi connectivity index (χ3v) is 5.46. The zero-order valence-electron chi connectivity index (χ0n) is 16.1. The summed E-state index contributed by atoms with van der Waals surface area (Å²) in [6, 6.07) is 16.1. The highest BCUT2D eigenvalue weighted by molar-refractivity contribution is 6.30. The van der Waals surface area contributed by atoms with E-state index in [9.17, 15) is 4.79 Å². The summed E-state index contributed by atoms with van der Waals surface area (Å²) in [5.74, 6) is 0.247. The van der Waals surface area contributed by atoms with Crippen LogP contribution >= 0.6 is 11.6 Å². The molecule has 1 amide bonds. The highest BCUT2D eigenvalue weighted by atomic mass is 35.5. The molecule has 1 aliphatic rings. The molecule has 2 aromatic rings. The third kappa shape index (κ3) is 5.47. The number of carbonyl (C=O) groups excluding carboxylic acids is 1. The monoisotopic (exact) mass is 385 g/mol. The SMILES string of the molecule is CC(CC(=O)NCc1ccc(Cl)cc1)c1ccccc1N1CCN(C)CC1. The molecule has 27 heavy (non-hydrogen) atoms. The summed E-state index contributed by atoms with van der Waals surface area (Å²) in [7, 11) is 2.16. The highest BCUT2D eigenvalue weighted by Gasteiger charge is 2.20. The van der Waals surface area contributed by atoms with E-state index in [1.165, 1.54) is 11.3 Å². The average Bonchev–Trinajstić information content (AvgIpc) is 2.68. The van der Waals surface area contributed by atoms with E-state index >= 15 is 0 Å². The lowest BCUT2D eigenvalue weighted by Gasteiger charge is -2.36. The van der Waals surface area contributed by atoms with E-state index in [0.29, 0.717) is 18.0 Å². The molecule has 1 unspecified atom stereocenters. The second-order valence-electron chi connectivity index (χ2n) is 7.36. The van der Waals surface area contributed by atoms with Crippen LogP contribution < -0.4 is 10.2 Å². The number of halogens is 1. The van der Waals surface area contributed by atoms with Crippen LogP contribution in [0.5, 0.6) is 0 Å². The lowest BCUT2D eigenvalue weighted by Crippen LogP contribution is -2.44. The van der Waals surface area contributed by atoms with E-state index in [1.54, 1.807) is 0 Å². The van der Waals surface area contributed by atoms with Gasteiger partial charge in [0, 0.05) is 49.9 Å². The molecule has 2 aromatic carbocycles. The predicted molar refractivity (Wildman–Crippen MR) is 112 cm³/mol. The topological polar surface area (TPSA) is 35.6 Å². The minimum absolute atomic E-state index is 0.0747. The Kier molecular flexibility index (Phi) is 6.75. The first kappa shape index (κ1) is 19.7. The molecule has 0 aliphatic carbocycles. The molecule has 1 saturated heterocycles. The number of likely N-dealkylation sites (N-methyl/N-ethyl adjacent to an activating group) is 1. The number of hydrogen-bond acceptors (Lipinski definition) is 3. The molecular weight excluding hydrogens is 358 g/mol. The summed E-state index contributed by atoms with van der Waals surface area (Å²) in [5, 5.41) is 3.73. The number of carbonyl (C=O) groups is 1. The average molecular weight is 386 g/mol. The summed E-state index contributed by atoms with van der Waals surface area (Å²) in [4.78, 5) is 17.2. The minimum Gasteiger partial charge on any atom is -0.369 e. The van der Waals surface area contributed by atoms with Crippen molar-refractivity contribution in [3.63, 3.8) is 0 Å². The van der Waals surface area contributed by atoms with Crippen LogP contribution in [0.3, 0.4) is 0 Å². The number of benzene rings is 2. The Balaban J connectivity index is 1.59.